The standard InChI is InChI=1S/C9H10O4.C4H9.3C3H8O.Ti/c1-12-7-2-4-8(5-3-7)13-6-9(10)11;1-4(2)3;3*1-3(2)4;/h2-5H,6H2,1H3,(H,10,11);1-3H3;3*3-4H,1-2H3;/q;-1;;;;. The van der Waals surface area contributed by atoms with Crippen LogP contribution in [0.2, 0.25) is 0 Å². The van der Waals surface area contributed by atoms with Crippen LogP contribution in [-0.2, 0) is 26.5 Å². The number of carbonyl (C=O) groups is 1. The Bertz CT molecular complexity index is 412. The molecule has 4 N–H and O–H groups in total. The number of rotatable bonds is 4. The third kappa shape index (κ3) is 71.4. The van der Waals surface area contributed by atoms with Gasteiger partial charge in [0.1, 0.15) is 11.5 Å². The fraction of sp³-hybridized carbons (Fsp3) is 0.636. The maximum atomic E-state index is 10.1. The summed E-state index contributed by atoms with van der Waals surface area (Å²) in [6, 6.07) is 6.72. The normalized spacial score (nSPS) is 8.83. The molecule has 0 saturated heterocycles. The molecule has 0 saturated carbocycles. The number of aliphatic carboxylic acids is 1. The van der Waals surface area contributed by atoms with Gasteiger partial charge in [0, 0.05) is 40.0 Å². The second kappa shape index (κ2) is 27.9. The van der Waals surface area contributed by atoms with Crippen molar-refractivity contribution in [2.45, 2.75) is 80.6 Å². The first-order valence-electron chi connectivity index (χ1n) is 9.45. The number of benzene rings is 1. The topological polar surface area (TPSA) is 116 Å². The van der Waals surface area contributed by atoms with Crippen LogP contribution in [0.15, 0.2) is 24.3 Å². The maximum Gasteiger partial charge on any atom is 0.341 e. The summed E-state index contributed by atoms with van der Waals surface area (Å²) in [5, 5.41) is 32.5. The van der Waals surface area contributed by atoms with E-state index >= 15 is 0 Å². The molecule has 0 bridgehead atoms. The van der Waals surface area contributed by atoms with Crippen molar-refractivity contribution in [3.8, 4) is 11.5 Å². The predicted molar refractivity (Wildman–Crippen MR) is 118 cm³/mol. The quantitative estimate of drug-likeness (QED) is 0.392. The van der Waals surface area contributed by atoms with Gasteiger partial charge in [-0.3, -0.25) is 0 Å². The summed E-state index contributed by atoms with van der Waals surface area (Å²) in [5.41, 5.74) is 0. The van der Waals surface area contributed by atoms with Crippen LogP contribution in [0.25, 0.3) is 0 Å². The minimum Gasteiger partial charge on any atom is -0.497 e. The van der Waals surface area contributed by atoms with E-state index in [0.29, 0.717) is 11.5 Å². The number of aliphatic hydroxyl groups excluding tert-OH is 3. The number of carboxylic acids is 1. The van der Waals surface area contributed by atoms with Gasteiger partial charge in [0.2, 0.25) is 0 Å². The molecule has 0 heterocycles. The second-order valence-corrected chi connectivity index (χ2v) is 7.14. The van der Waals surface area contributed by atoms with Crippen molar-refractivity contribution in [3.05, 3.63) is 30.2 Å². The van der Waals surface area contributed by atoms with E-state index in [1.807, 2.05) is 0 Å². The van der Waals surface area contributed by atoms with Crippen LogP contribution in [0.4, 0.5) is 0 Å². The van der Waals surface area contributed by atoms with Gasteiger partial charge in [0.15, 0.2) is 6.61 Å². The fourth-order valence-electron chi connectivity index (χ4n) is 0.817. The fourth-order valence-corrected chi connectivity index (χ4v) is 0.817. The molecule has 7 nitrogen and oxygen atoms in total. The maximum absolute atomic E-state index is 10.1. The monoisotopic (exact) mass is 467 g/mol. The average Bonchev–Trinajstić information content (AvgIpc) is 2.51. The van der Waals surface area contributed by atoms with E-state index in [0.717, 1.165) is 0 Å². The molecule has 0 spiro atoms. The Labute approximate surface area is 198 Å². The Kier molecular flexibility index (Phi) is 36.6. The molecule has 0 atom stereocenters. The summed E-state index contributed by atoms with van der Waals surface area (Å²) in [4.78, 5) is 10.1. The third-order valence-corrected chi connectivity index (χ3v) is 1.42. The van der Waals surface area contributed by atoms with Crippen molar-refractivity contribution in [3.63, 3.8) is 0 Å². The number of ether oxygens (including phenoxy) is 2. The SMILES string of the molecule is CC(C)O.CC(C)O.CC(C)O.COc1ccc(OCC(=O)O)cc1.C[C-](C)C.[Ti]. The number of aliphatic hydroxyl groups is 3. The molecule has 0 unspecified atom stereocenters. The van der Waals surface area contributed by atoms with Crippen LogP contribution < -0.4 is 9.47 Å². The minimum absolute atomic E-state index is 0. The molecule has 178 valence electrons. The second-order valence-electron chi connectivity index (χ2n) is 7.14. The number of hydrogen-bond donors (Lipinski definition) is 4. The minimum atomic E-state index is -0.990. The van der Waals surface area contributed by atoms with E-state index < -0.39 is 5.97 Å². The zero-order valence-electron chi connectivity index (χ0n) is 20.3. The first kappa shape index (κ1) is 39.4. The zero-order valence-corrected chi connectivity index (χ0v) is 21.8. The van der Waals surface area contributed by atoms with E-state index in [1.165, 1.54) is 5.92 Å². The van der Waals surface area contributed by atoms with Crippen LogP contribution >= 0.6 is 0 Å². The van der Waals surface area contributed by atoms with Gasteiger partial charge in [-0.25, -0.2) is 4.79 Å². The average molecular weight is 467 g/mol. The summed E-state index contributed by atoms with van der Waals surface area (Å²) in [6.45, 7) is 16.3. The molecule has 30 heavy (non-hydrogen) atoms. The molecule has 1 aromatic carbocycles. The molecular weight excluding hydrogens is 424 g/mol. The molecular formula is C22H43O7Ti-. The molecule has 0 aliphatic rings. The molecule has 0 amide bonds. The van der Waals surface area contributed by atoms with Gasteiger partial charge in [-0.15, -0.1) is 0 Å². The number of hydrogen-bond acceptors (Lipinski definition) is 6. The van der Waals surface area contributed by atoms with Crippen LogP contribution in [0, 0.1) is 5.92 Å². The van der Waals surface area contributed by atoms with E-state index in [4.69, 9.17) is 29.9 Å². The van der Waals surface area contributed by atoms with E-state index in [-0.39, 0.29) is 46.6 Å². The van der Waals surface area contributed by atoms with E-state index in [1.54, 1.807) is 72.9 Å². The zero-order chi connectivity index (χ0) is 24.0. The van der Waals surface area contributed by atoms with Crippen molar-refractivity contribution in [1.82, 2.24) is 0 Å². The van der Waals surface area contributed by atoms with Gasteiger partial charge in [-0.1, -0.05) is 0 Å². The Morgan fingerprint density at radius 2 is 1.07 bits per heavy atom. The number of methoxy groups -OCH3 is 1. The Hall–Kier alpha value is -1.12. The van der Waals surface area contributed by atoms with Crippen LogP contribution in [-0.4, -0.2) is 58.4 Å². The van der Waals surface area contributed by atoms with Crippen molar-refractivity contribution in [2.24, 2.45) is 0 Å². The van der Waals surface area contributed by atoms with Gasteiger partial charge < -0.3 is 35.8 Å². The van der Waals surface area contributed by atoms with E-state index in [2.05, 4.69) is 20.8 Å². The molecule has 0 aromatic heterocycles. The van der Waals surface area contributed by atoms with Crippen LogP contribution in [0.5, 0.6) is 11.5 Å². The van der Waals surface area contributed by atoms with Crippen LogP contribution in [0.3, 0.4) is 0 Å². The summed E-state index contributed by atoms with van der Waals surface area (Å²) in [7, 11) is 1.56. The molecule has 1 aromatic rings. The first-order chi connectivity index (χ1) is 13.1. The Balaban J connectivity index is -0.000000102. The van der Waals surface area contributed by atoms with Gasteiger partial charge in [-0.05, 0) is 65.8 Å². The Morgan fingerprint density at radius 1 is 0.833 bits per heavy atom. The van der Waals surface area contributed by atoms with Crippen molar-refractivity contribution >= 4 is 5.97 Å². The van der Waals surface area contributed by atoms with Gasteiger partial charge in [-0.2, -0.15) is 20.8 Å². The molecule has 8 heteroatoms. The van der Waals surface area contributed by atoms with Crippen molar-refractivity contribution < 1.29 is 56.4 Å². The van der Waals surface area contributed by atoms with Crippen molar-refractivity contribution in [1.29, 1.82) is 0 Å². The largest absolute Gasteiger partial charge is 0.497 e. The summed E-state index contributed by atoms with van der Waals surface area (Å²) >= 11 is 0. The third-order valence-electron chi connectivity index (χ3n) is 1.42. The number of carboxylic acid groups (broad SMARTS) is 1. The Morgan fingerprint density at radius 3 is 1.27 bits per heavy atom. The van der Waals surface area contributed by atoms with Gasteiger partial charge >= 0.3 is 5.97 Å². The molecule has 0 aliphatic carbocycles. The van der Waals surface area contributed by atoms with Gasteiger partial charge in [0.25, 0.3) is 0 Å². The predicted octanol–water partition coefficient (Wildman–Crippen LogP) is 3.94. The van der Waals surface area contributed by atoms with Crippen LogP contribution in [0.1, 0.15) is 62.3 Å². The smallest absolute Gasteiger partial charge is 0.341 e. The summed E-state index contributed by atoms with van der Waals surface area (Å²) < 4.78 is 9.83. The molecule has 0 aliphatic heterocycles. The molecule has 0 radical (unpaired) electrons. The van der Waals surface area contributed by atoms with Gasteiger partial charge in [0.05, 0.1) is 7.11 Å². The summed E-state index contributed by atoms with van der Waals surface area (Å²) in [5.74, 6) is 1.65. The first-order valence-corrected chi connectivity index (χ1v) is 9.45. The summed E-state index contributed by atoms with van der Waals surface area (Å²) in [6.07, 6.45) is -0.500. The van der Waals surface area contributed by atoms with E-state index in [9.17, 15) is 4.79 Å². The molecule has 0 fully saturated rings. The molecule has 1 rings (SSSR count). The van der Waals surface area contributed by atoms with Crippen molar-refractivity contribution in [2.75, 3.05) is 13.7 Å².